The third-order valence-electron chi connectivity index (χ3n) is 4.36. The number of rotatable bonds is 3. The minimum absolute atomic E-state index is 0.0592. The van der Waals surface area contributed by atoms with Crippen LogP contribution in [-0.2, 0) is 4.79 Å². The molecule has 110 valence electrons. The van der Waals surface area contributed by atoms with E-state index in [0.29, 0.717) is 18.4 Å². The van der Waals surface area contributed by atoms with Crippen molar-refractivity contribution in [3.63, 3.8) is 0 Å². The van der Waals surface area contributed by atoms with E-state index in [9.17, 15) is 14.7 Å². The smallest absolute Gasteiger partial charge is 0.307 e. The largest absolute Gasteiger partial charge is 0.481 e. The molecule has 0 saturated heterocycles. The Morgan fingerprint density at radius 1 is 1.29 bits per heavy atom. The van der Waals surface area contributed by atoms with Gasteiger partial charge in [-0.1, -0.05) is 22.9 Å². The van der Waals surface area contributed by atoms with E-state index in [1.54, 1.807) is 6.20 Å². The van der Waals surface area contributed by atoms with E-state index in [2.05, 4.69) is 20.9 Å². The van der Waals surface area contributed by atoms with Gasteiger partial charge in [-0.05, 0) is 37.0 Å². The van der Waals surface area contributed by atoms with Gasteiger partial charge in [0, 0.05) is 33.1 Å². The fraction of sp³-hybridized carbons (Fsp3) is 0.375. The Kier molecular flexibility index (Phi) is 3.61. The number of hydrogen-bond acceptors (Lipinski definition) is 2. The van der Waals surface area contributed by atoms with Gasteiger partial charge >= 0.3 is 5.97 Å². The molecule has 3 atom stereocenters. The number of aromatic nitrogens is 1. The van der Waals surface area contributed by atoms with Crippen LogP contribution >= 0.6 is 15.9 Å². The van der Waals surface area contributed by atoms with E-state index >= 15 is 0 Å². The Labute approximate surface area is 130 Å². The number of Topliss-reactive ketones (excluding diaryl/α,β-unsaturated/α-hetero) is 1. The summed E-state index contributed by atoms with van der Waals surface area (Å²) in [7, 11) is 0. The number of benzene rings is 1. The van der Waals surface area contributed by atoms with Crippen LogP contribution in [0, 0.1) is 17.8 Å². The van der Waals surface area contributed by atoms with Crippen LogP contribution in [-0.4, -0.2) is 21.8 Å². The van der Waals surface area contributed by atoms with Crippen LogP contribution < -0.4 is 0 Å². The quantitative estimate of drug-likeness (QED) is 0.826. The van der Waals surface area contributed by atoms with Crippen molar-refractivity contribution in [3.05, 3.63) is 34.4 Å². The third kappa shape index (κ3) is 2.50. The van der Waals surface area contributed by atoms with Gasteiger partial charge in [0.2, 0.25) is 0 Å². The molecule has 1 aliphatic carbocycles. The molecule has 21 heavy (non-hydrogen) atoms. The maximum Gasteiger partial charge on any atom is 0.307 e. The molecule has 3 rings (SSSR count). The summed E-state index contributed by atoms with van der Waals surface area (Å²) >= 11 is 3.41. The highest BCUT2D eigenvalue weighted by atomic mass is 79.9. The molecule has 2 aromatic rings. The molecule has 0 aliphatic heterocycles. The summed E-state index contributed by atoms with van der Waals surface area (Å²) in [4.78, 5) is 27.3. The van der Waals surface area contributed by atoms with Crippen molar-refractivity contribution in [1.82, 2.24) is 4.98 Å². The fourth-order valence-electron chi connectivity index (χ4n) is 3.35. The van der Waals surface area contributed by atoms with E-state index in [0.717, 1.165) is 15.4 Å². The highest BCUT2D eigenvalue weighted by Gasteiger charge is 2.41. The maximum atomic E-state index is 12.8. The molecule has 0 bridgehead atoms. The zero-order valence-electron chi connectivity index (χ0n) is 11.6. The van der Waals surface area contributed by atoms with Gasteiger partial charge < -0.3 is 10.1 Å². The summed E-state index contributed by atoms with van der Waals surface area (Å²) < 4.78 is 0.901. The van der Waals surface area contributed by atoms with E-state index in [1.807, 2.05) is 25.1 Å². The van der Waals surface area contributed by atoms with Crippen LogP contribution in [0.5, 0.6) is 0 Å². The lowest BCUT2D eigenvalue weighted by molar-refractivity contribution is -0.142. The summed E-state index contributed by atoms with van der Waals surface area (Å²) in [6, 6.07) is 5.71. The molecule has 1 aromatic heterocycles. The van der Waals surface area contributed by atoms with Crippen molar-refractivity contribution in [2.45, 2.75) is 19.8 Å². The van der Waals surface area contributed by atoms with Crippen LogP contribution in [0.4, 0.5) is 0 Å². The third-order valence-corrected chi connectivity index (χ3v) is 4.85. The molecule has 1 saturated carbocycles. The second-order valence-electron chi connectivity index (χ2n) is 5.88. The lowest BCUT2D eigenvalue weighted by Gasteiger charge is -2.13. The Hall–Kier alpha value is -1.62. The molecule has 4 nitrogen and oxygen atoms in total. The summed E-state index contributed by atoms with van der Waals surface area (Å²) in [6.07, 6.45) is 2.93. The zero-order valence-corrected chi connectivity index (χ0v) is 13.2. The molecule has 5 heteroatoms. The fourth-order valence-corrected chi connectivity index (χ4v) is 3.71. The lowest BCUT2D eigenvalue weighted by Crippen LogP contribution is -2.25. The first kappa shape index (κ1) is 14.3. The first-order valence-corrected chi connectivity index (χ1v) is 7.80. The number of carbonyl (C=O) groups is 2. The van der Waals surface area contributed by atoms with Crippen molar-refractivity contribution in [3.8, 4) is 0 Å². The number of hydrogen-bond donors (Lipinski definition) is 2. The number of halogens is 1. The summed E-state index contributed by atoms with van der Waals surface area (Å²) in [5.41, 5.74) is 1.48. The first-order valence-electron chi connectivity index (χ1n) is 7.01. The maximum absolute atomic E-state index is 12.8. The second kappa shape index (κ2) is 5.30. The topological polar surface area (TPSA) is 70.2 Å². The molecular weight excluding hydrogens is 334 g/mol. The van der Waals surface area contributed by atoms with Crippen molar-refractivity contribution in [2.24, 2.45) is 17.8 Å². The van der Waals surface area contributed by atoms with E-state index in [1.165, 1.54) is 0 Å². The number of ketones is 1. The van der Waals surface area contributed by atoms with Crippen LogP contribution in [0.3, 0.4) is 0 Å². The van der Waals surface area contributed by atoms with Gasteiger partial charge in [-0.15, -0.1) is 0 Å². The Balaban J connectivity index is 2.00. The normalized spacial score (nSPS) is 25.3. The van der Waals surface area contributed by atoms with Crippen LogP contribution in [0.1, 0.15) is 30.1 Å². The van der Waals surface area contributed by atoms with E-state index < -0.39 is 17.8 Å². The summed E-state index contributed by atoms with van der Waals surface area (Å²) in [5, 5.41) is 10.2. The molecule has 1 aliphatic rings. The number of carboxylic acids is 1. The number of H-pyrrole nitrogens is 1. The molecule has 3 unspecified atom stereocenters. The molecular formula is C16H16BrNO3. The molecule has 0 spiro atoms. The highest BCUT2D eigenvalue weighted by molar-refractivity contribution is 9.10. The minimum Gasteiger partial charge on any atom is -0.481 e. The predicted octanol–water partition coefficient (Wildman–Crippen LogP) is 3.86. The van der Waals surface area contributed by atoms with Crippen LogP contribution in [0.2, 0.25) is 0 Å². The number of nitrogens with one attached hydrogen (secondary N) is 1. The Morgan fingerprint density at radius 3 is 2.71 bits per heavy atom. The van der Waals surface area contributed by atoms with Crippen molar-refractivity contribution < 1.29 is 14.7 Å². The van der Waals surface area contributed by atoms with Crippen molar-refractivity contribution >= 4 is 38.6 Å². The number of carbonyl (C=O) groups excluding carboxylic acids is 1. The lowest BCUT2D eigenvalue weighted by atomic mass is 9.88. The van der Waals surface area contributed by atoms with Gasteiger partial charge in [-0.2, -0.15) is 0 Å². The zero-order chi connectivity index (χ0) is 15.1. The SMILES string of the molecule is CC1CC(C(=O)O)C(C(=O)c2c[nH]c3ccc(Br)cc23)C1. The molecule has 1 aromatic carbocycles. The van der Waals surface area contributed by atoms with E-state index in [-0.39, 0.29) is 11.7 Å². The van der Waals surface area contributed by atoms with Gasteiger partial charge in [-0.3, -0.25) is 9.59 Å². The van der Waals surface area contributed by atoms with Gasteiger partial charge in [0.25, 0.3) is 0 Å². The van der Waals surface area contributed by atoms with Gasteiger partial charge in [0.15, 0.2) is 5.78 Å². The number of carboxylic acid groups (broad SMARTS) is 1. The molecule has 1 fully saturated rings. The average Bonchev–Trinajstić information content (AvgIpc) is 3.01. The molecule has 2 N–H and O–H groups in total. The molecule has 0 radical (unpaired) electrons. The summed E-state index contributed by atoms with van der Waals surface area (Å²) in [6.45, 7) is 2.01. The average molecular weight is 350 g/mol. The first-order chi connectivity index (χ1) is 9.97. The number of aromatic amines is 1. The standard InChI is InChI=1S/C16H16BrNO3/c1-8-4-11(12(5-8)16(20)21)15(19)13-7-18-14-3-2-9(17)6-10(13)14/h2-3,6-8,11-12,18H,4-5H2,1H3,(H,20,21). The van der Waals surface area contributed by atoms with Gasteiger partial charge in [-0.25, -0.2) is 0 Å². The molecule has 1 heterocycles. The minimum atomic E-state index is -0.862. The molecule has 0 amide bonds. The Bertz CT molecular complexity index is 721. The van der Waals surface area contributed by atoms with Crippen molar-refractivity contribution in [2.75, 3.05) is 0 Å². The van der Waals surface area contributed by atoms with Gasteiger partial charge in [0.05, 0.1) is 5.92 Å². The second-order valence-corrected chi connectivity index (χ2v) is 6.80. The highest BCUT2D eigenvalue weighted by Crippen LogP contribution is 2.39. The monoisotopic (exact) mass is 349 g/mol. The Morgan fingerprint density at radius 2 is 2.00 bits per heavy atom. The number of aliphatic carboxylic acids is 1. The summed E-state index contributed by atoms with van der Waals surface area (Å²) in [5.74, 6) is -1.63. The van der Waals surface area contributed by atoms with Gasteiger partial charge in [0.1, 0.15) is 0 Å². The van der Waals surface area contributed by atoms with E-state index in [4.69, 9.17) is 0 Å². The van der Waals surface area contributed by atoms with Crippen molar-refractivity contribution in [1.29, 1.82) is 0 Å². The van der Waals surface area contributed by atoms with Crippen LogP contribution in [0.15, 0.2) is 28.9 Å². The number of fused-ring (bicyclic) bond motifs is 1. The van der Waals surface area contributed by atoms with Crippen LogP contribution in [0.25, 0.3) is 10.9 Å². The predicted molar refractivity (Wildman–Crippen MR) is 83.3 cm³/mol.